The van der Waals surface area contributed by atoms with Crippen molar-refractivity contribution in [3.05, 3.63) is 33.9 Å². The summed E-state index contributed by atoms with van der Waals surface area (Å²) in [6, 6.07) is 5.37. The summed E-state index contributed by atoms with van der Waals surface area (Å²) in [5, 5.41) is 10.6. The van der Waals surface area contributed by atoms with E-state index in [2.05, 4.69) is 0 Å². The number of hydrogen-bond donors (Lipinski definition) is 0. The molecule has 0 atom stereocenters. The molecule has 0 aromatic heterocycles. The molecule has 0 radical (unpaired) electrons. The van der Waals surface area contributed by atoms with Crippen LogP contribution in [0.5, 0.6) is 0 Å². The molecule has 0 bridgehead atoms. The first-order valence-corrected chi connectivity index (χ1v) is 5.22. The zero-order valence-electron chi connectivity index (χ0n) is 7.61. The lowest BCUT2D eigenvalue weighted by Crippen LogP contribution is -1.94. The van der Waals surface area contributed by atoms with E-state index in [-0.39, 0.29) is 10.6 Å². The van der Waals surface area contributed by atoms with Crippen molar-refractivity contribution < 1.29 is 4.92 Å². The van der Waals surface area contributed by atoms with Gasteiger partial charge in [0, 0.05) is 16.5 Å². The van der Waals surface area contributed by atoms with Crippen molar-refractivity contribution in [1.29, 1.82) is 0 Å². The van der Waals surface area contributed by atoms with Crippen molar-refractivity contribution in [2.24, 2.45) is 0 Å². The molecule has 70 valence electrons. The lowest BCUT2D eigenvalue weighted by molar-refractivity contribution is -0.385. The molecule has 0 aliphatic heterocycles. The average Bonchev–Trinajstić information content (AvgIpc) is 2.16. The van der Waals surface area contributed by atoms with Crippen molar-refractivity contribution >= 4 is 17.4 Å². The van der Waals surface area contributed by atoms with Crippen LogP contribution in [0.25, 0.3) is 0 Å². The zero-order valence-corrected chi connectivity index (χ0v) is 8.43. The number of aryl methyl sites for hydroxylation is 1. The molecular formula is C9H11NO2S. The molecule has 1 aromatic carbocycles. The third kappa shape index (κ3) is 2.21. The smallest absolute Gasteiger partial charge is 0.258 e. The predicted octanol–water partition coefficient (Wildman–Crippen LogP) is 2.88. The minimum atomic E-state index is -0.321. The van der Waals surface area contributed by atoms with Gasteiger partial charge in [-0.3, -0.25) is 10.1 Å². The van der Waals surface area contributed by atoms with E-state index in [0.717, 1.165) is 10.5 Å². The maximum absolute atomic E-state index is 10.6. The van der Waals surface area contributed by atoms with Gasteiger partial charge in [0.25, 0.3) is 5.69 Å². The van der Waals surface area contributed by atoms with Gasteiger partial charge in [0.15, 0.2) is 0 Å². The second-order valence-electron chi connectivity index (χ2n) is 2.61. The second kappa shape index (κ2) is 4.28. The summed E-state index contributed by atoms with van der Waals surface area (Å²) in [7, 11) is 0. The van der Waals surface area contributed by atoms with E-state index in [0.29, 0.717) is 6.42 Å². The number of benzene rings is 1. The average molecular weight is 197 g/mol. The summed E-state index contributed by atoms with van der Waals surface area (Å²) >= 11 is 1.52. The zero-order chi connectivity index (χ0) is 9.84. The molecule has 0 aliphatic rings. The van der Waals surface area contributed by atoms with Crippen LogP contribution in [0.15, 0.2) is 23.1 Å². The van der Waals surface area contributed by atoms with E-state index in [1.807, 2.05) is 25.3 Å². The Morgan fingerprint density at radius 1 is 1.54 bits per heavy atom. The summed E-state index contributed by atoms with van der Waals surface area (Å²) in [6.07, 6.45) is 2.61. The Kier molecular flexibility index (Phi) is 3.31. The molecule has 0 unspecified atom stereocenters. The molecule has 1 aromatic rings. The van der Waals surface area contributed by atoms with Crippen LogP contribution in [-0.4, -0.2) is 11.2 Å². The highest BCUT2D eigenvalue weighted by atomic mass is 32.2. The minimum absolute atomic E-state index is 0.231. The van der Waals surface area contributed by atoms with E-state index >= 15 is 0 Å². The molecule has 13 heavy (non-hydrogen) atoms. The quantitative estimate of drug-likeness (QED) is 0.425. The summed E-state index contributed by atoms with van der Waals surface area (Å²) in [6.45, 7) is 1.92. The Balaban J connectivity index is 3.18. The SMILES string of the molecule is CCc1ccc(SC)cc1[N+](=O)[O-]. The van der Waals surface area contributed by atoms with Gasteiger partial charge >= 0.3 is 0 Å². The Labute approximate surface area is 81.3 Å². The number of hydrogen-bond acceptors (Lipinski definition) is 3. The molecule has 0 heterocycles. The van der Waals surface area contributed by atoms with E-state index in [1.165, 1.54) is 11.8 Å². The normalized spacial score (nSPS) is 10.0. The molecule has 0 aliphatic carbocycles. The van der Waals surface area contributed by atoms with Gasteiger partial charge in [0.1, 0.15) is 0 Å². The van der Waals surface area contributed by atoms with Crippen LogP contribution in [0.1, 0.15) is 12.5 Å². The monoisotopic (exact) mass is 197 g/mol. The van der Waals surface area contributed by atoms with Crippen LogP contribution in [-0.2, 0) is 6.42 Å². The van der Waals surface area contributed by atoms with Crippen LogP contribution in [0.2, 0.25) is 0 Å². The lowest BCUT2D eigenvalue weighted by atomic mass is 10.1. The van der Waals surface area contributed by atoms with Crippen molar-refractivity contribution in [2.75, 3.05) is 6.26 Å². The maximum Gasteiger partial charge on any atom is 0.273 e. The van der Waals surface area contributed by atoms with E-state index in [1.54, 1.807) is 6.07 Å². The van der Waals surface area contributed by atoms with Crippen molar-refractivity contribution in [2.45, 2.75) is 18.2 Å². The number of nitro benzene ring substituents is 1. The van der Waals surface area contributed by atoms with Crippen molar-refractivity contribution in [1.82, 2.24) is 0 Å². The van der Waals surface area contributed by atoms with Gasteiger partial charge in [-0.15, -0.1) is 11.8 Å². The summed E-state index contributed by atoms with van der Waals surface area (Å²) in [5.74, 6) is 0. The Bertz CT molecular complexity index is 325. The van der Waals surface area contributed by atoms with Gasteiger partial charge in [0.2, 0.25) is 0 Å². The number of rotatable bonds is 3. The van der Waals surface area contributed by atoms with Gasteiger partial charge in [-0.2, -0.15) is 0 Å². The first kappa shape index (κ1) is 10.1. The minimum Gasteiger partial charge on any atom is -0.258 e. The molecule has 0 N–H and O–H groups in total. The second-order valence-corrected chi connectivity index (χ2v) is 3.48. The molecule has 0 fully saturated rings. The summed E-state index contributed by atoms with van der Waals surface area (Å²) in [5.41, 5.74) is 1.03. The Morgan fingerprint density at radius 2 is 2.23 bits per heavy atom. The number of thioether (sulfide) groups is 1. The predicted molar refractivity (Wildman–Crippen MR) is 54.3 cm³/mol. The van der Waals surface area contributed by atoms with E-state index in [9.17, 15) is 10.1 Å². The standard InChI is InChI=1S/C9H11NO2S/c1-3-7-4-5-8(13-2)6-9(7)10(11)12/h4-6H,3H2,1-2H3. The van der Waals surface area contributed by atoms with Gasteiger partial charge in [0.05, 0.1) is 4.92 Å². The molecule has 0 saturated carbocycles. The maximum atomic E-state index is 10.6. The molecule has 3 nitrogen and oxygen atoms in total. The van der Waals surface area contributed by atoms with Crippen molar-refractivity contribution in [3.8, 4) is 0 Å². The van der Waals surface area contributed by atoms with Gasteiger partial charge in [-0.05, 0) is 18.7 Å². The molecule has 0 saturated heterocycles. The van der Waals surface area contributed by atoms with Crippen LogP contribution in [0.4, 0.5) is 5.69 Å². The third-order valence-corrected chi connectivity index (χ3v) is 2.60. The highest BCUT2D eigenvalue weighted by molar-refractivity contribution is 7.98. The molecule has 4 heteroatoms. The largest absolute Gasteiger partial charge is 0.273 e. The van der Waals surface area contributed by atoms with Gasteiger partial charge in [-0.25, -0.2) is 0 Å². The van der Waals surface area contributed by atoms with Crippen LogP contribution in [0, 0.1) is 10.1 Å². The first-order valence-electron chi connectivity index (χ1n) is 4.00. The lowest BCUT2D eigenvalue weighted by Gasteiger charge is -2.01. The van der Waals surface area contributed by atoms with Crippen LogP contribution in [0.3, 0.4) is 0 Å². The Morgan fingerprint density at radius 3 is 2.69 bits per heavy atom. The van der Waals surface area contributed by atoms with Crippen LogP contribution >= 0.6 is 11.8 Å². The Hall–Kier alpha value is -1.03. The third-order valence-electron chi connectivity index (χ3n) is 1.87. The fourth-order valence-corrected chi connectivity index (χ4v) is 1.57. The van der Waals surface area contributed by atoms with Crippen molar-refractivity contribution in [3.63, 3.8) is 0 Å². The number of nitrogens with zero attached hydrogens (tertiary/aromatic N) is 1. The first-order chi connectivity index (χ1) is 6.19. The van der Waals surface area contributed by atoms with E-state index in [4.69, 9.17) is 0 Å². The molecule has 1 rings (SSSR count). The summed E-state index contributed by atoms with van der Waals surface area (Å²) < 4.78 is 0. The highest BCUT2D eigenvalue weighted by Gasteiger charge is 2.12. The topological polar surface area (TPSA) is 43.1 Å². The highest BCUT2D eigenvalue weighted by Crippen LogP contribution is 2.25. The fraction of sp³-hybridized carbons (Fsp3) is 0.333. The molecular weight excluding hydrogens is 186 g/mol. The molecule has 0 amide bonds. The van der Waals surface area contributed by atoms with Crippen LogP contribution < -0.4 is 0 Å². The summed E-state index contributed by atoms with van der Waals surface area (Å²) in [4.78, 5) is 11.3. The molecule has 0 spiro atoms. The van der Waals surface area contributed by atoms with E-state index < -0.39 is 0 Å². The fourth-order valence-electron chi connectivity index (χ4n) is 1.14. The van der Waals surface area contributed by atoms with Gasteiger partial charge in [-0.1, -0.05) is 13.0 Å². The number of nitro groups is 1. The van der Waals surface area contributed by atoms with Gasteiger partial charge < -0.3 is 0 Å².